The normalized spacial score (nSPS) is 25.1. The Bertz CT molecular complexity index is 326. The molecule has 1 saturated carbocycles. The maximum atomic E-state index is 4.32. The molecule has 1 aromatic rings. The first kappa shape index (κ1) is 12.6. The Morgan fingerprint density at radius 1 is 1.35 bits per heavy atom. The minimum atomic E-state index is 0.679. The summed E-state index contributed by atoms with van der Waals surface area (Å²) in [4.78, 5) is 4.32. The molecule has 96 valence electrons. The third kappa shape index (κ3) is 3.53. The fourth-order valence-electron chi connectivity index (χ4n) is 2.52. The van der Waals surface area contributed by atoms with Crippen molar-refractivity contribution in [3.8, 4) is 0 Å². The van der Waals surface area contributed by atoms with E-state index >= 15 is 0 Å². The number of aromatic nitrogens is 3. The molecule has 0 unspecified atom stereocenters. The van der Waals surface area contributed by atoms with Gasteiger partial charge in [0.2, 0.25) is 0 Å². The Kier molecular flexibility index (Phi) is 4.54. The molecule has 0 aromatic carbocycles. The van der Waals surface area contributed by atoms with Crippen LogP contribution in [0.2, 0.25) is 0 Å². The lowest BCUT2D eigenvalue weighted by Crippen LogP contribution is -2.33. The van der Waals surface area contributed by atoms with Crippen molar-refractivity contribution < 1.29 is 0 Å². The molecule has 1 heterocycles. The van der Waals surface area contributed by atoms with Crippen LogP contribution >= 0.6 is 0 Å². The van der Waals surface area contributed by atoms with Crippen LogP contribution in [0.25, 0.3) is 0 Å². The van der Waals surface area contributed by atoms with E-state index in [-0.39, 0.29) is 0 Å². The first-order chi connectivity index (χ1) is 8.29. The molecule has 4 nitrogen and oxygen atoms in total. The third-order valence-corrected chi connectivity index (χ3v) is 3.70. The van der Waals surface area contributed by atoms with E-state index in [2.05, 4.69) is 29.2 Å². The number of aryl methyl sites for hydroxylation is 1. The van der Waals surface area contributed by atoms with Gasteiger partial charge in [-0.05, 0) is 38.0 Å². The molecule has 1 aliphatic carbocycles. The van der Waals surface area contributed by atoms with Crippen LogP contribution in [0.4, 0.5) is 0 Å². The highest BCUT2D eigenvalue weighted by atomic mass is 15.3. The predicted octanol–water partition coefficient (Wildman–Crippen LogP) is 2.36. The largest absolute Gasteiger partial charge is 0.307 e. The van der Waals surface area contributed by atoms with Gasteiger partial charge in [0.25, 0.3) is 0 Å². The fraction of sp³-hybridized carbons (Fsp3) is 0.846. The van der Waals surface area contributed by atoms with Gasteiger partial charge in [-0.3, -0.25) is 0 Å². The maximum absolute atomic E-state index is 4.32. The van der Waals surface area contributed by atoms with Gasteiger partial charge in [0.15, 0.2) is 0 Å². The summed E-state index contributed by atoms with van der Waals surface area (Å²) in [6.07, 6.45) is 8.11. The summed E-state index contributed by atoms with van der Waals surface area (Å²) >= 11 is 0. The van der Waals surface area contributed by atoms with E-state index in [4.69, 9.17) is 0 Å². The van der Waals surface area contributed by atoms with Crippen molar-refractivity contribution in [1.29, 1.82) is 0 Å². The molecule has 0 saturated heterocycles. The van der Waals surface area contributed by atoms with Gasteiger partial charge in [-0.25, -0.2) is 9.67 Å². The van der Waals surface area contributed by atoms with Crippen molar-refractivity contribution in [2.24, 2.45) is 5.92 Å². The predicted molar refractivity (Wildman–Crippen MR) is 68.6 cm³/mol. The van der Waals surface area contributed by atoms with Gasteiger partial charge in [0, 0.05) is 12.6 Å². The lowest BCUT2D eigenvalue weighted by molar-refractivity contribution is 0.303. The maximum Gasteiger partial charge on any atom is 0.140 e. The van der Waals surface area contributed by atoms with Crippen molar-refractivity contribution in [2.45, 2.75) is 65.1 Å². The van der Waals surface area contributed by atoms with Gasteiger partial charge < -0.3 is 5.32 Å². The first-order valence-electron chi connectivity index (χ1n) is 6.89. The van der Waals surface area contributed by atoms with Crippen LogP contribution in [0.1, 0.15) is 51.8 Å². The summed E-state index contributed by atoms with van der Waals surface area (Å²) in [5.41, 5.74) is 0. The highest BCUT2D eigenvalue weighted by Crippen LogP contribution is 2.23. The second-order valence-electron chi connectivity index (χ2n) is 5.24. The van der Waals surface area contributed by atoms with Crippen molar-refractivity contribution in [2.75, 3.05) is 0 Å². The zero-order valence-electron chi connectivity index (χ0n) is 11.0. The van der Waals surface area contributed by atoms with Crippen molar-refractivity contribution in [3.63, 3.8) is 0 Å². The van der Waals surface area contributed by atoms with E-state index in [1.54, 1.807) is 6.33 Å². The molecule has 1 aromatic heterocycles. The van der Waals surface area contributed by atoms with Crippen LogP contribution in [0.3, 0.4) is 0 Å². The molecule has 0 radical (unpaired) electrons. The molecule has 0 aliphatic heterocycles. The molecule has 17 heavy (non-hydrogen) atoms. The Balaban J connectivity index is 1.79. The van der Waals surface area contributed by atoms with Gasteiger partial charge in [0.05, 0.1) is 6.54 Å². The minimum absolute atomic E-state index is 0.679. The van der Waals surface area contributed by atoms with Gasteiger partial charge in [-0.1, -0.05) is 13.8 Å². The van der Waals surface area contributed by atoms with Gasteiger partial charge in [-0.2, -0.15) is 5.10 Å². The molecule has 1 N–H and O–H groups in total. The molecule has 2 rings (SSSR count). The number of nitrogens with zero attached hydrogens (tertiary/aromatic N) is 3. The minimum Gasteiger partial charge on any atom is -0.307 e. The first-order valence-corrected chi connectivity index (χ1v) is 6.89. The van der Waals surface area contributed by atoms with E-state index < -0.39 is 0 Å². The lowest BCUT2D eigenvalue weighted by atomic mass is 9.87. The summed E-state index contributed by atoms with van der Waals surface area (Å²) in [6.45, 7) is 6.35. The summed E-state index contributed by atoms with van der Waals surface area (Å²) < 4.78 is 2.01. The van der Waals surface area contributed by atoms with Crippen LogP contribution in [-0.4, -0.2) is 20.8 Å². The summed E-state index contributed by atoms with van der Waals surface area (Å²) in [5, 5.41) is 7.87. The smallest absolute Gasteiger partial charge is 0.140 e. The third-order valence-electron chi connectivity index (χ3n) is 3.70. The topological polar surface area (TPSA) is 42.7 Å². The summed E-state index contributed by atoms with van der Waals surface area (Å²) in [7, 11) is 0. The van der Waals surface area contributed by atoms with Crippen molar-refractivity contribution >= 4 is 0 Å². The average Bonchev–Trinajstić information content (AvgIpc) is 2.77. The molecule has 1 aliphatic rings. The number of hydrogen-bond donors (Lipinski definition) is 1. The molecule has 4 heteroatoms. The Hall–Kier alpha value is -0.900. The van der Waals surface area contributed by atoms with E-state index in [0.29, 0.717) is 6.04 Å². The number of hydrogen-bond acceptors (Lipinski definition) is 3. The number of rotatable bonds is 5. The Labute approximate surface area is 104 Å². The Morgan fingerprint density at radius 2 is 2.12 bits per heavy atom. The Morgan fingerprint density at radius 3 is 2.82 bits per heavy atom. The SMILES string of the molecule is CCCn1ncnc1CNC1CCC(C)CC1. The average molecular weight is 236 g/mol. The quantitative estimate of drug-likeness (QED) is 0.853. The van der Waals surface area contributed by atoms with Gasteiger partial charge in [0.1, 0.15) is 12.2 Å². The van der Waals surface area contributed by atoms with Crippen LogP contribution in [0.5, 0.6) is 0 Å². The monoisotopic (exact) mass is 236 g/mol. The standard InChI is InChI=1S/C13H24N4/c1-3-8-17-13(15-10-16-17)9-14-12-6-4-11(2)5-7-12/h10-12,14H,3-9H2,1-2H3. The van der Waals surface area contributed by atoms with Crippen LogP contribution in [-0.2, 0) is 13.1 Å². The van der Waals surface area contributed by atoms with Crippen LogP contribution < -0.4 is 5.32 Å². The fourth-order valence-corrected chi connectivity index (χ4v) is 2.52. The van der Waals surface area contributed by atoms with Crippen molar-refractivity contribution in [3.05, 3.63) is 12.2 Å². The molecule has 0 spiro atoms. The van der Waals surface area contributed by atoms with Crippen LogP contribution in [0.15, 0.2) is 6.33 Å². The molecular weight excluding hydrogens is 212 g/mol. The van der Waals surface area contributed by atoms with E-state index in [0.717, 1.165) is 31.3 Å². The number of nitrogens with one attached hydrogen (secondary N) is 1. The molecule has 1 fully saturated rings. The second kappa shape index (κ2) is 6.15. The molecule has 0 bridgehead atoms. The second-order valence-corrected chi connectivity index (χ2v) is 5.24. The summed E-state index contributed by atoms with van der Waals surface area (Å²) in [6, 6.07) is 0.679. The van der Waals surface area contributed by atoms with E-state index in [9.17, 15) is 0 Å². The summed E-state index contributed by atoms with van der Waals surface area (Å²) in [5.74, 6) is 1.99. The molecule has 0 amide bonds. The molecular formula is C13H24N4. The van der Waals surface area contributed by atoms with E-state index in [1.165, 1.54) is 25.7 Å². The van der Waals surface area contributed by atoms with E-state index in [1.807, 2.05) is 4.68 Å². The highest BCUT2D eigenvalue weighted by molar-refractivity contribution is 4.86. The van der Waals surface area contributed by atoms with Crippen LogP contribution in [0, 0.1) is 5.92 Å². The zero-order chi connectivity index (χ0) is 12.1. The highest BCUT2D eigenvalue weighted by Gasteiger charge is 2.18. The molecule has 0 atom stereocenters. The lowest BCUT2D eigenvalue weighted by Gasteiger charge is -2.26. The van der Waals surface area contributed by atoms with Gasteiger partial charge >= 0.3 is 0 Å². The zero-order valence-corrected chi connectivity index (χ0v) is 11.0. The van der Waals surface area contributed by atoms with Crippen molar-refractivity contribution in [1.82, 2.24) is 20.1 Å². The van der Waals surface area contributed by atoms with Gasteiger partial charge in [-0.15, -0.1) is 0 Å².